The summed E-state index contributed by atoms with van der Waals surface area (Å²) in [6, 6.07) is 16.8. The van der Waals surface area contributed by atoms with Crippen molar-refractivity contribution in [1.82, 2.24) is 15.5 Å². The summed E-state index contributed by atoms with van der Waals surface area (Å²) in [5.41, 5.74) is 1.05. The predicted octanol–water partition coefficient (Wildman–Crippen LogP) is 4.12. The minimum atomic E-state index is -1.10. The van der Waals surface area contributed by atoms with Gasteiger partial charge in [0.15, 0.2) is 0 Å². The largest absolute Gasteiger partial charge is 0.480 e. The van der Waals surface area contributed by atoms with Crippen molar-refractivity contribution >= 4 is 23.9 Å². The molecule has 0 heterocycles. The van der Waals surface area contributed by atoms with Crippen LogP contribution in [0.4, 0.5) is 4.79 Å². The molecule has 1 saturated carbocycles. The Balaban J connectivity index is 1.75. The molecule has 3 atom stereocenters. The van der Waals surface area contributed by atoms with E-state index in [1.807, 2.05) is 67.6 Å². The number of hydrogen-bond donors (Lipinski definition) is 3. The van der Waals surface area contributed by atoms with Crippen molar-refractivity contribution in [3.63, 3.8) is 0 Å². The van der Waals surface area contributed by atoms with Crippen LogP contribution in [-0.2, 0) is 25.5 Å². The third-order valence-corrected chi connectivity index (χ3v) is 6.66. The summed E-state index contributed by atoms with van der Waals surface area (Å²) in [5, 5.41) is 15.0. The minimum Gasteiger partial charge on any atom is -0.480 e. The van der Waals surface area contributed by atoms with E-state index in [9.17, 15) is 24.3 Å². The van der Waals surface area contributed by atoms with Crippen LogP contribution in [0.3, 0.4) is 0 Å². The lowest BCUT2D eigenvalue weighted by Crippen LogP contribution is -2.54. The summed E-state index contributed by atoms with van der Waals surface area (Å²) >= 11 is 0. The second kappa shape index (κ2) is 14.0. The summed E-state index contributed by atoms with van der Waals surface area (Å²) in [4.78, 5) is 52.8. The molecule has 3 N–H and O–H groups in total. The molecule has 2 aromatic rings. The summed E-state index contributed by atoms with van der Waals surface area (Å²) in [5.74, 6) is -2.01. The van der Waals surface area contributed by atoms with E-state index >= 15 is 0 Å². The van der Waals surface area contributed by atoms with Crippen molar-refractivity contribution in [2.75, 3.05) is 13.1 Å². The van der Waals surface area contributed by atoms with Crippen LogP contribution in [0.2, 0.25) is 0 Å². The maximum absolute atomic E-state index is 13.3. The zero-order valence-corrected chi connectivity index (χ0v) is 23.8. The molecule has 0 aliphatic heterocycles. The smallest absolute Gasteiger partial charge is 0.410 e. The number of nitrogens with zero attached hydrogens (tertiary/aromatic N) is 1. The normalized spacial score (nSPS) is 15.3. The number of carbonyl (C=O) groups is 4. The molecule has 9 nitrogen and oxygen atoms in total. The fourth-order valence-corrected chi connectivity index (χ4v) is 4.40. The molecule has 0 unspecified atom stereocenters. The van der Waals surface area contributed by atoms with Crippen LogP contribution in [0.25, 0.3) is 0 Å². The predicted molar refractivity (Wildman–Crippen MR) is 152 cm³/mol. The number of ether oxygens (including phenoxy) is 1. The number of carbonyl (C=O) groups excluding carboxylic acids is 3. The third kappa shape index (κ3) is 10.4. The highest BCUT2D eigenvalue weighted by Crippen LogP contribution is 2.33. The Morgan fingerprint density at radius 1 is 0.950 bits per heavy atom. The SMILES string of the molecule is C[C@@H](CN(CC(=O)N[C@H](Cc1ccccc1)C(=O)N[C@H](CC1CC1)C(=O)O)C(=O)OC(C)(C)C)c1ccccc1. The zero-order chi connectivity index (χ0) is 29.3. The van der Waals surface area contributed by atoms with Crippen molar-refractivity contribution in [1.29, 1.82) is 0 Å². The fourth-order valence-electron chi connectivity index (χ4n) is 4.40. The van der Waals surface area contributed by atoms with Crippen molar-refractivity contribution in [2.24, 2.45) is 5.92 Å². The molecule has 1 aliphatic carbocycles. The van der Waals surface area contributed by atoms with Crippen LogP contribution in [0.5, 0.6) is 0 Å². The lowest BCUT2D eigenvalue weighted by atomic mass is 10.0. The van der Waals surface area contributed by atoms with Crippen LogP contribution in [0.1, 0.15) is 64.0 Å². The fraction of sp³-hybridized carbons (Fsp3) is 0.484. The molecule has 0 aromatic heterocycles. The molecule has 3 amide bonds. The van der Waals surface area contributed by atoms with Gasteiger partial charge < -0.3 is 20.5 Å². The topological polar surface area (TPSA) is 125 Å². The van der Waals surface area contributed by atoms with Crippen LogP contribution < -0.4 is 10.6 Å². The van der Waals surface area contributed by atoms with Crippen molar-refractivity contribution in [2.45, 2.75) is 77.0 Å². The maximum atomic E-state index is 13.3. The van der Waals surface area contributed by atoms with Gasteiger partial charge in [0.1, 0.15) is 24.2 Å². The van der Waals surface area contributed by atoms with E-state index in [0.717, 1.165) is 24.0 Å². The molecule has 40 heavy (non-hydrogen) atoms. The van der Waals surface area contributed by atoms with Gasteiger partial charge >= 0.3 is 12.1 Å². The lowest BCUT2D eigenvalue weighted by Gasteiger charge is -2.30. The first kappa shape index (κ1) is 30.7. The average Bonchev–Trinajstić information content (AvgIpc) is 3.71. The van der Waals surface area contributed by atoms with Gasteiger partial charge in [-0.2, -0.15) is 0 Å². The highest BCUT2D eigenvalue weighted by atomic mass is 16.6. The number of rotatable bonds is 13. The van der Waals surface area contributed by atoms with E-state index < -0.39 is 41.6 Å². The molecular weight excluding hydrogens is 510 g/mol. The number of carboxylic acid groups (broad SMARTS) is 1. The number of aliphatic carboxylic acids is 1. The van der Waals surface area contributed by atoms with E-state index in [0.29, 0.717) is 6.42 Å². The highest BCUT2D eigenvalue weighted by molar-refractivity contribution is 5.91. The number of hydrogen-bond acceptors (Lipinski definition) is 5. The van der Waals surface area contributed by atoms with Crippen LogP contribution in [0, 0.1) is 5.92 Å². The Bertz CT molecular complexity index is 1140. The minimum absolute atomic E-state index is 0.0799. The van der Waals surface area contributed by atoms with Gasteiger partial charge in [-0.25, -0.2) is 9.59 Å². The van der Waals surface area contributed by atoms with Crippen LogP contribution in [-0.4, -0.2) is 64.7 Å². The number of carboxylic acids is 1. The first-order chi connectivity index (χ1) is 18.9. The molecule has 1 fully saturated rings. The Hall–Kier alpha value is -3.88. The van der Waals surface area contributed by atoms with Crippen LogP contribution in [0.15, 0.2) is 60.7 Å². The van der Waals surface area contributed by atoms with Gasteiger partial charge in [-0.05, 0) is 50.2 Å². The Labute approximate surface area is 236 Å². The van der Waals surface area contributed by atoms with Gasteiger partial charge in [-0.3, -0.25) is 14.5 Å². The maximum Gasteiger partial charge on any atom is 0.410 e. The Kier molecular flexibility index (Phi) is 10.7. The molecule has 0 saturated heterocycles. The highest BCUT2D eigenvalue weighted by Gasteiger charge is 2.33. The number of amides is 3. The number of nitrogens with one attached hydrogen (secondary N) is 2. The van der Waals surface area contributed by atoms with E-state index in [-0.39, 0.29) is 31.3 Å². The Morgan fingerprint density at radius 2 is 1.55 bits per heavy atom. The average molecular weight is 552 g/mol. The van der Waals surface area contributed by atoms with Crippen molar-refractivity contribution in [3.05, 3.63) is 71.8 Å². The quantitative estimate of drug-likeness (QED) is 0.344. The second-order valence-electron chi connectivity index (χ2n) is 11.6. The first-order valence-corrected chi connectivity index (χ1v) is 13.8. The van der Waals surface area contributed by atoms with Gasteiger partial charge in [0, 0.05) is 13.0 Å². The van der Waals surface area contributed by atoms with Gasteiger partial charge in [0.2, 0.25) is 11.8 Å². The molecule has 216 valence electrons. The summed E-state index contributed by atoms with van der Waals surface area (Å²) in [6.45, 7) is 7.13. The molecular formula is C31H41N3O6. The lowest BCUT2D eigenvalue weighted by molar-refractivity contribution is -0.142. The van der Waals surface area contributed by atoms with E-state index in [4.69, 9.17) is 4.74 Å². The number of benzene rings is 2. The summed E-state index contributed by atoms with van der Waals surface area (Å²) in [7, 11) is 0. The third-order valence-electron chi connectivity index (χ3n) is 6.66. The van der Waals surface area contributed by atoms with Crippen molar-refractivity contribution in [3.8, 4) is 0 Å². The standard InChI is InChI=1S/C31H41N3O6/c1-21(24-13-9-6-10-14-24)19-34(30(39)40-31(2,3)4)20-27(35)32-25(17-22-11-7-5-8-12-22)28(36)33-26(29(37)38)18-23-15-16-23/h5-14,21,23,25-26H,15-20H2,1-4H3,(H,32,35)(H,33,36)(H,37,38)/t21-,25+,26+/m0/s1. The molecule has 0 bridgehead atoms. The molecule has 2 aromatic carbocycles. The molecule has 1 aliphatic rings. The van der Waals surface area contributed by atoms with Gasteiger partial charge in [-0.1, -0.05) is 80.4 Å². The molecule has 0 spiro atoms. The summed E-state index contributed by atoms with van der Waals surface area (Å²) in [6.07, 6.45) is 1.79. The second-order valence-corrected chi connectivity index (χ2v) is 11.6. The summed E-state index contributed by atoms with van der Waals surface area (Å²) < 4.78 is 5.57. The monoisotopic (exact) mass is 551 g/mol. The van der Waals surface area contributed by atoms with Gasteiger partial charge in [-0.15, -0.1) is 0 Å². The first-order valence-electron chi connectivity index (χ1n) is 13.8. The van der Waals surface area contributed by atoms with Gasteiger partial charge in [0.25, 0.3) is 0 Å². The van der Waals surface area contributed by atoms with Crippen LogP contribution >= 0.6 is 0 Å². The van der Waals surface area contributed by atoms with E-state index in [1.54, 1.807) is 20.8 Å². The van der Waals surface area contributed by atoms with Crippen molar-refractivity contribution < 1.29 is 29.0 Å². The zero-order valence-electron chi connectivity index (χ0n) is 23.8. The molecule has 3 rings (SSSR count). The van der Waals surface area contributed by atoms with E-state index in [2.05, 4.69) is 10.6 Å². The Morgan fingerprint density at radius 3 is 2.10 bits per heavy atom. The molecule has 0 radical (unpaired) electrons. The molecule has 9 heteroatoms. The van der Waals surface area contributed by atoms with Gasteiger partial charge in [0.05, 0.1) is 0 Å². The van der Waals surface area contributed by atoms with E-state index in [1.165, 1.54) is 4.90 Å².